The molecule has 0 aliphatic heterocycles. The summed E-state index contributed by atoms with van der Waals surface area (Å²) in [5.41, 5.74) is -5.67. The van der Waals surface area contributed by atoms with Crippen molar-refractivity contribution in [2.24, 2.45) is 0 Å². The summed E-state index contributed by atoms with van der Waals surface area (Å²) in [7, 11) is -10.6. The third-order valence-corrected chi connectivity index (χ3v) is 5.98. The molecule has 0 heterocycles. The Morgan fingerprint density at radius 3 is 1.78 bits per heavy atom. The molecule has 1 fully saturated rings. The number of sulfonamides is 2. The summed E-state index contributed by atoms with van der Waals surface area (Å²) in [6.45, 7) is 0. The molecule has 0 aromatic rings. The summed E-state index contributed by atoms with van der Waals surface area (Å²) in [4.78, 5) is 0. The van der Waals surface area contributed by atoms with Crippen LogP contribution in [0.2, 0.25) is 0 Å². The average molecular weight is 301 g/mol. The molecule has 18 heavy (non-hydrogen) atoms. The number of halogens is 3. The molecule has 0 radical (unpaired) electrons. The average Bonchev–Trinajstić information content (AvgIpc) is 2.15. The molecule has 11 heteroatoms. The topological polar surface area (TPSA) is 82.4 Å². The molecule has 1 saturated carbocycles. The van der Waals surface area contributed by atoms with Crippen LogP contribution in [0.1, 0.15) is 32.1 Å². The molecule has 102 valence electrons. The molecule has 0 amide bonds. The van der Waals surface area contributed by atoms with E-state index < -0.39 is 30.8 Å². The van der Waals surface area contributed by atoms with Gasteiger partial charge in [-0.05, 0) is 12.8 Å². The van der Waals surface area contributed by atoms with Crippen LogP contribution in [0, 0.1) is 0 Å². The number of nitrogens with zero attached hydrogens (tertiary/aromatic N) is 1. The predicted octanol–water partition coefficient (Wildman–Crippen LogP) is -1.12. The minimum Gasteiger partial charge on any atom is -0.428 e. The number of rotatable bonds is 3. The smallest absolute Gasteiger partial charge is 0.428 e. The summed E-state index contributed by atoms with van der Waals surface area (Å²) in [6.07, 6.45) is 2.19. The molecule has 0 spiro atoms. The van der Waals surface area contributed by atoms with Crippen LogP contribution in [-0.4, -0.2) is 27.6 Å². The summed E-state index contributed by atoms with van der Waals surface area (Å²) in [5.74, 6) is 0. The minimum atomic E-state index is -5.97. The van der Waals surface area contributed by atoms with E-state index in [1.165, 1.54) is 0 Å². The van der Waals surface area contributed by atoms with Crippen molar-refractivity contribution >= 4 is 20.0 Å². The summed E-state index contributed by atoms with van der Waals surface area (Å²) in [5, 5.41) is -1.12. The Hall–Kier alpha value is 0.247. The first-order valence-electron chi connectivity index (χ1n) is 4.86. The molecule has 0 bridgehead atoms. The maximum Gasteiger partial charge on any atom is 1.00 e. The van der Waals surface area contributed by atoms with Gasteiger partial charge in [0.25, 0.3) is 0 Å². The van der Waals surface area contributed by atoms with Gasteiger partial charge in [0.05, 0.1) is 10.0 Å². The van der Waals surface area contributed by atoms with Crippen molar-refractivity contribution in [3.05, 3.63) is 4.13 Å². The van der Waals surface area contributed by atoms with Crippen LogP contribution >= 0.6 is 0 Å². The van der Waals surface area contributed by atoms with Crippen LogP contribution < -0.4 is 18.9 Å². The molecular weight excluding hydrogens is 290 g/mol. The second kappa shape index (κ2) is 6.13. The Labute approximate surface area is 116 Å². The molecule has 0 saturated heterocycles. The number of alkyl halides is 3. The van der Waals surface area contributed by atoms with Crippen molar-refractivity contribution in [2.45, 2.75) is 42.9 Å². The van der Waals surface area contributed by atoms with E-state index in [1.54, 1.807) is 0 Å². The predicted molar refractivity (Wildman–Crippen MR) is 54.1 cm³/mol. The molecule has 0 unspecified atom stereocenters. The molecule has 1 rings (SSSR count). The quantitative estimate of drug-likeness (QED) is 0.618. The van der Waals surface area contributed by atoms with Gasteiger partial charge in [-0.15, -0.1) is 0 Å². The first kappa shape index (κ1) is 18.2. The minimum absolute atomic E-state index is 0. The van der Waals surface area contributed by atoms with E-state index in [1.807, 2.05) is 0 Å². The molecular formula is C7H11F3LiNO4S2. The SMILES string of the molecule is O=S(=O)([N-]S(=O)(=O)C(F)(F)F)C1CCCCC1.[Li+]. The van der Waals surface area contributed by atoms with E-state index in [2.05, 4.69) is 4.13 Å². The van der Waals surface area contributed by atoms with Crippen molar-refractivity contribution in [3.8, 4) is 0 Å². The van der Waals surface area contributed by atoms with Gasteiger partial charge in [-0.2, -0.15) is 13.2 Å². The van der Waals surface area contributed by atoms with Crippen molar-refractivity contribution in [2.75, 3.05) is 0 Å². The van der Waals surface area contributed by atoms with Crippen molar-refractivity contribution in [1.29, 1.82) is 0 Å². The molecule has 0 N–H and O–H groups in total. The standard InChI is InChI=1S/C7H11F3NO4S2.Li/c8-7(9,10)17(14,15)11-16(12,13)6-4-2-1-3-5-6;/h6H,1-5H2;/q-1;+1. The maximum absolute atomic E-state index is 12.0. The zero-order valence-electron chi connectivity index (χ0n) is 9.64. The fraction of sp³-hybridized carbons (Fsp3) is 1.00. The zero-order valence-corrected chi connectivity index (χ0v) is 11.3. The van der Waals surface area contributed by atoms with Gasteiger partial charge in [-0.1, -0.05) is 19.3 Å². The maximum atomic E-state index is 12.0. The third-order valence-electron chi connectivity index (χ3n) is 2.47. The van der Waals surface area contributed by atoms with Gasteiger partial charge in [-0.25, -0.2) is 16.8 Å². The van der Waals surface area contributed by atoms with Crippen LogP contribution in [0.3, 0.4) is 0 Å². The normalized spacial score (nSPS) is 19.3. The molecule has 0 aromatic carbocycles. The largest absolute Gasteiger partial charge is 1.00 e. The number of hydrogen-bond donors (Lipinski definition) is 0. The molecule has 0 aromatic heterocycles. The Balaban J connectivity index is 0.00000289. The third kappa shape index (κ3) is 4.42. The van der Waals surface area contributed by atoms with Gasteiger partial charge in [0.15, 0.2) is 10.0 Å². The van der Waals surface area contributed by atoms with E-state index in [9.17, 15) is 30.0 Å². The van der Waals surface area contributed by atoms with Crippen LogP contribution in [-0.2, 0) is 20.0 Å². The second-order valence-electron chi connectivity index (χ2n) is 3.77. The molecule has 5 nitrogen and oxygen atoms in total. The van der Waals surface area contributed by atoms with Crippen LogP contribution in [0.4, 0.5) is 13.2 Å². The van der Waals surface area contributed by atoms with E-state index in [4.69, 9.17) is 0 Å². The number of hydrogen-bond acceptors (Lipinski definition) is 4. The van der Waals surface area contributed by atoms with Crippen molar-refractivity contribution in [3.63, 3.8) is 0 Å². The van der Waals surface area contributed by atoms with E-state index in [0.717, 1.165) is 6.42 Å². The van der Waals surface area contributed by atoms with Gasteiger partial charge in [0, 0.05) is 5.25 Å². The van der Waals surface area contributed by atoms with Crippen LogP contribution in [0.5, 0.6) is 0 Å². The summed E-state index contributed by atoms with van der Waals surface area (Å²) < 4.78 is 82.1. The van der Waals surface area contributed by atoms with Crippen LogP contribution in [0.15, 0.2) is 0 Å². The van der Waals surface area contributed by atoms with Crippen molar-refractivity contribution in [1.82, 2.24) is 0 Å². The van der Waals surface area contributed by atoms with Gasteiger partial charge < -0.3 is 4.13 Å². The fourth-order valence-corrected chi connectivity index (χ4v) is 4.45. The van der Waals surface area contributed by atoms with Crippen molar-refractivity contribution < 1.29 is 48.9 Å². The van der Waals surface area contributed by atoms with E-state index in [0.29, 0.717) is 12.8 Å². The Bertz CT molecular complexity index is 467. The van der Waals surface area contributed by atoms with Gasteiger partial charge in [-0.3, -0.25) is 0 Å². The molecule has 1 aliphatic carbocycles. The monoisotopic (exact) mass is 301 g/mol. The van der Waals surface area contributed by atoms with Crippen LogP contribution in [0.25, 0.3) is 4.13 Å². The zero-order chi connectivity index (χ0) is 13.3. The first-order chi connectivity index (χ1) is 7.56. The van der Waals surface area contributed by atoms with Gasteiger partial charge in [0.2, 0.25) is 0 Å². The fourth-order valence-electron chi connectivity index (χ4n) is 1.60. The van der Waals surface area contributed by atoms with Gasteiger partial charge in [0.1, 0.15) is 0 Å². The van der Waals surface area contributed by atoms with E-state index >= 15 is 0 Å². The molecule has 0 atom stereocenters. The summed E-state index contributed by atoms with van der Waals surface area (Å²) >= 11 is 0. The van der Waals surface area contributed by atoms with E-state index in [-0.39, 0.29) is 31.7 Å². The summed E-state index contributed by atoms with van der Waals surface area (Å²) in [6, 6.07) is 0. The second-order valence-corrected chi connectivity index (χ2v) is 7.48. The Morgan fingerprint density at radius 2 is 1.39 bits per heavy atom. The Kier molecular flexibility index (Phi) is 6.22. The first-order valence-corrected chi connectivity index (χ1v) is 7.80. The van der Waals surface area contributed by atoms with Gasteiger partial charge >= 0.3 is 24.4 Å². The Morgan fingerprint density at radius 1 is 0.944 bits per heavy atom. The molecule has 1 aliphatic rings.